The van der Waals surface area contributed by atoms with E-state index in [4.69, 9.17) is 0 Å². The van der Waals surface area contributed by atoms with Crippen LogP contribution in [0.5, 0.6) is 0 Å². The summed E-state index contributed by atoms with van der Waals surface area (Å²) >= 11 is 0. The van der Waals surface area contributed by atoms with Crippen molar-refractivity contribution in [1.82, 2.24) is 0 Å². The van der Waals surface area contributed by atoms with Crippen LogP contribution in [0.2, 0.25) is 0 Å². The number of carboxylic acid groups (broad SMARTS) is 1. The average molecular weight is 284 g/mol. The lowest BCUT2D eigenvalue weighted by Crippen LogP contribution is -1.99. The van der Waals surface area contributed by atoms with E-state index in [2.05, 4.69) is 0 Å². The maximum atomic E-state index is 11.2. The Morgan fingerprint density at radius 1 is 0.810 bits per heavy atom. The molecule has 0 aromatic heterocycles. The second-order valence-electron chi connectivity index (χ2n) is 3.64. The van der Waals surface area contributed by atoms with Crippen LogP contribution < -0.4 is 0 Å². The first kappa shape index (κ1) is 18.6. The molecule has 21 heavy (non-hydrogen) atoms. The number of carboxylic acids is 1. The Morgan fingerprint density at radius 3 is 1.67 bits per heavy atom. The number of rotatable bonds is 3. The first-order chi connectivity index (χ1) is 10.3. The predicted molar refractivity (Wildman–Crippen MR) is 91.1 cm³/mol. The second kappa shape index (κ2) is 11.5. The summed E-state index contributed by atoms with van der Waals surface area (Å²) in [5, 5.41) is 9.22. The van der Waals surface area contributed by atoms with Crippen LogP contribution >= 0.6 is 0 Å². The molecule has 0 amide bonds. The van der Waals surface area contributed by atoms with Crippen molar-refractivity contribution in [3.05, 3.63) is 71.8 Å². The molecule has 1 N–H and O–H groups in total. The summed E-state index contributed by atoms with van der Waals surface area (Å²) < 4.78 is 0. The third-order valence-corrected chi connectivity index (χ3v) is 2.43. The Hall–Kier alpha value is -2.35. The molecular weight excluding hydrogens is 260 g/mol. The zero-order valence-electron chi connectivity index (χ0n) is 13.2. The van der Waals surface area contributed by atoms with E-state index >= 15 is 0 Å². The Morgan fingerprint density at radius 2 is 1.24 bits per heavy atom. The van der Waals surface area contributed by atoms with Gasteiger partial charge in [-0.2, -0.15) is 0 Å². The maximum absolute atomic E-state index is 11.2. The highest BCUT2D eigenvalue weighted by atomic mass is 16.4. The van der Waals surface area contributed by atoms with E-state index in [1.54, 1.807) is 18.2 Å². The Balaban J connectivity index is 0.000000921. The number of aliphatic carboxylic acids is 1. The van der Waals surface area contributed by atoms with Gasteiger partial charge in [0.25, 0.3) is 0 Å². The molecule has 2 heteroatoms. The number of carbonyl (C=O) groups is 1. The highest BCUT2D eigenvalue weighted by Crippen LogP contribution is 2.18. The second-order valence-corrected chi connectivity index (χ2v) is 3.64. The van der Waals surface area contributed by atoms with Crippen molar-refractivity contribution in [1.29, 1.82) is 0 Å². The third-order valence-electron chi connectivity index (χ3n) is 2.43. The van der Waals surface area contributed by atoms with E-state index in [1.165, 1.54) is 0 Å². The minimum Gasteiger partial charge on any atom is -0.478 e. The van der Waals surface area contributed by atoms with Crippen molar-refractivity contribution >= 4 is 17.6 Å². The van der Waals surface area contributed by atoms with Crippen LogP contribution in [0.3, 0.4) is 0 Å². The molecule has 0 saturated carbocycles. The first-order valence-electron chi connectivity index (χ1n) is 7.33. The van der Waals surface area contributed by atoms with Gasteiger partial charge >= 0.3 is 5.97 Å². The molecule has 2 aromatic rings. The molecule has 0 aliphatic carbocycles. The minimum atomic E-state index is -0.917. The molecule has 0 heterocycles. The predicted octanol–water partition coefficient (Wildman–Crippen LogP) is 5.36. The van der Waals surface area contributed by atoms with E-state index in [9.17, 15) is 9.90 Å². The molecule has 2 aromatic carbocycles. The van der Waals surface area contributed by atoms with Gasteiger partial charge < -0.3 is 5.11 Å². The number of hydrogen-bond donors (Lipinski definition) is 1. The normalized spacial score (nSPS) is 9.62. The van der Waals surface area contributed by atoms with Crippen molar-refractivity contribution in [2.75, 3.05) is 0 Å². The molecule has 0 saturated heterocycles. The van der Waals surface area contributed by atoms with Crippen molar-refractivity contribution < 1.29 is 9.90 Å². The van der Waals surface area contributed by atoms with Crippen LogP contribution in [0.15, 0.2) is 60.7 Å². The van der Waals surface area contributed by atoms with Crippen LogP contribution in [-0.2, 0) is 4.79 Å². The molecule has 0 aliphatic rings. The summed E-state index contributed by atoms with van der Waals surface area (Å²) in [6, 6.07) is 18.6. The maximum Gasteiger partial charge on any atom is 0.336 e. The average Bonchev–Trinajstić information content (AvgIpc) is 2.58. The summed E-state index contributed by atoms with van der Waals surface area (Å²) in [7, 11) is 0. The molecule has 2 rings (SSSR count). The van der Waals surface area contributed by atoms with E-state index < -0.39 is 5.97 Å². The smallest absolute Gasteiger partial charge is 0.336 e. The van der Waals surface area contributed by atoms with Crippen molar-refractivity contribution in [3.8, 4) is 0 Å². The fraction of sp³-hybridized carbons (Fsp3) is 0.211. The van der Waals surface area contributed by atoms with Gasteiger partial charge in [0.2, 0.25) is 0 Å². The highest BCUT2D eigenvalue weighted by molar-refractivity contribution is 6.20. The summed E-state index contributed by atoms with van der Waals surface area (Å²) in [5.41, 5.74) is 1.90. The molecule has 0 unspecified atom stereocenters. The van der Waals surface area contributed by atoms with Crippen molar-refractivity contribution in [3.63, 3.8) is 0 Å². The van der Waals surface area contributed by atoms with Gasteiger partial charge in [-0.1, -0.05) is 88.4 Å². The lowest BCUT2D eigenvalue weighted by atomic mass is 10.0. The number of benzene rings is 2. The van der Waals surface area contributed by atoms with Crippen LogP contribution in [0, 0.1) is 0 Å². The fourth-order valence-electron chi connectivity index (χ4n) is 1.60. The Bertz CT molecular complexity index is 528. The topological polar surface area (TPSA) is 37.3 Å². The summed E-state index contributed by atoms with van der Waals surface area (Å²) in [4.78, 5) is 11.2. The molecule has 0 aliphatic heterocycles. The molecule has 0 radical (unpaired) electrons. The molecule has 0 fully saturated rings. The monoisotopic (exact) mass is 284 g/mol. The van der Waals surface area contributed by atoms with Gasteiger partial charge in [-0.15, -0.1) is 0 Å². The quantitative estimate of drug-likeness (QED) is 0.608. The van der Waals surface area contributed by atoms with E-state index in [-0.39, 0.29) is 0 Å². The largest absolute Gasteiger partial charge is 0.478 e. The standard InChI is InChI=1S/C15H12O2.2C2H6/c16-15(17)14(13-9-5-2-6-10-13)11-12-7-3-1-4-8-12;2*1-2/h1-11H,(H,16,17);2*1-2H3/b14-11+;;. The molecular formula is C19H24O2. The van der Waals surface area contributed by atoms with E-state index in [1.807, 2.05) is 76.2 Å². The highest BCUT2D eigenvalue weighted by Gasteiger charge is 2.09. The van der Waals surface area contributed by atoms with Crippen LogP contribution in [0.4, 0.5) is 0 Å². The molecule has 0 atom stereocenters. The van der Waals surface area contributed by atoms with Gasteiger partial charge in [-0.25, -0.2) is 4.79 Å². The van der Waals surface area contributed by atoms with Gasteiger partial charge in [0.05, 0.1) is 5.57 Å². The lowest BCUT2D eigenvalue weighted by Gasteiger charge is -2.02. The fourth-order valence-corrected chi connectivity index (χ4v) is 1.60. The van der Waals surface area contributed by atoms with Gasteiger partial charge in [0.15, 0.2) is 0 Å². The molecule has 0 bridgehead atoms. The Labute approximate surface area is 127 Å². The van der Waals surface area contributed by atoms with Crippen LogP contribution in [-0.4, -0.2) is 11.1 Å². The SMILES string of the molecule is CC.CC.O=C(O)/C(=C/c1ccccc1)c1ccccc1. The zero-order chi connectivity index (χ0) is 16.1. The lowest BCUT2D eigenvalue weighted by molar-refractivity contribution is -0.130. The summed E-state index contributed by atoms with van der Waals surface area (Å²) in [6.45, 7) is 8.00. The van der Waals surface area contributed by atoms with Gasteiger partial charge in [-0.3, -0.25) is 0 Å². The van der Waals surface area contributed by atoms with E-state index in [0.29, 0.717) is 11.1 Å². The van der Waals surface area contributed by atoms with Gasteiger partial charge in [0, 0.05) is 0 Å². The zero-order valence-corrected chi connectivity index (χ0v) is 13.2. The summed E-state index contributed by atoms with van der Waals surface area (Å²) in [6.07, 6.45) is 1.68. The van der Waals surface area contributed by atoms with Crippen molar-refractivity contribution in [2.45, 2.75) is 27.7 Å². The van der Waals surface area contributed by atoms with Crippen molar-refractivity contribution in [2.24, 2.45) is 0 Å². The van der Waals surface area contributed by atoms with Gasteiger partial charge in [-0.05, 0) is 17.2 Å². The summed E-state index contributed by atoms with van der Waals surface area (Å²) in [5.74, 6) is -0.917. The molecule has 0 spiro atoms. The van der Waals surface area contributed by atoms with Gasteiger partial charge in [0.1, 0.15) is 0 Å². The molecule has 2 nitrogen and oxygen atoms in total. The van der Waals surface area contributed by atoms with Crippen LogP contribution in [0.25, 0.3) is 11.6 Å². The van der Waals surface area contributed by atoms with E-state index in [0.717, 1.165) is 5.56 Å². The Kier molecular flexibility index (Phi) is 10.2. The van der Waals surface area contributed by atoms with Crippen LogP contribution in [0.1, 0.15) is 38.8 Å². The number of hydrogen-bond acceptors (Lipinski definition) is 1. The minimum absolute atomic E-state index is 0.303. The molecule has 112 valence electrons. The third kappa shape index (κ3) is 6.57. The first-order valence-corrected chi connectivity index (χ1v) is 7.33.